The monoisotopic (exact) mass is 663 g/mol. The number of hydrogen-bond donors (Lipinski definition) is 1. The summed E-state index contributed by atoms with van der Waals surface area (Å²) in [5.74, 6) is -1.06. The van der Waals surface area contributed by atoms with Crippen LogP contribution in [0.2, 0.25) is 18.1 Å². The Morgan fingerprint density at radius 3 is 2.47 bits per heavy atom. The first-order valence-corrected chi connectivity index (χ1v) is 20.2. The summed E-state index contributed by atoms with van der Waals surface area (Å²) in [6.45, 7) is 25.7. The summed E-state index contributed by atoms with van der Waals surface area (Å²) in [6, 6.07) is 5.79. The predicted molar refractivity (Wildman–Crippen MR) is 190 cm³/mol. The average Bonchev–Trinajstić information content (AvgIpc) is 2.94. The maximum absolute atomic E-state index is 13.8. The van der Waals surface area contributed by atoms with Crippen LogP contribution < -0.4 is 0 Å². The zero-order valence-corrected chi connectivity index (χ0v) is 32.0. The van der Waals surface area contributed by atoms with E-state index in [2.05, 4.69) is 58.8 Å². The van der Waals surface area contributed by atoms with Crippen LogP contribution in [-0.2, 0) is 18.7 Å². The van der Waals surface area contributed by atoms with E-state index >= 15 is 0 Å². The molecule has 0 radical (unpaired) electrons. The molecule has 6 nitrogen and oxygen atoms in total. The van der Waals surface area contributed by atoms with Crippen molar-refractivity contribution in [2.45, 2.75) is 150 Å². The largest absolute Gasteiger partial charge is 0.409 e. The summed E-state index contributed by atoms with van der Waals surface area (Å²) in [5, 5.41) is 12.1. The Balaban J connectivity index is 2.04. The van der Waals surface area contributed by atoms with E-state index in [1.165, 1.54) is 5.57 Å². The van der Waals surface area contributed by atoms with E-state index in [9.17, 15) is 9.90 Å². The lowest BCUT2D eigenvalue weighted by Crippen LogP contribution is -2.52. The molecule has 0 aliphatic carbocycles. The molecular weight excluding hydrogens is 602 g/mol. The highest BCUT2D eigenvalue weighted by molar-refractivity contribution is 6.74. The van der Waals surface area contributed by atoms with E-state index in [0.29, 0.717) is 30.9 Å². The molecule has 1 aromatic rings. The predicted octanol–water partition coefficient (Wildman–Crippen LogP) is 9.72. The highest BCUT2D eigenvalue weighted by Gasteiger charge is 2.46. The van der Waals surface area contributed by atoms with Crippen molar-refractivity contribution in [1.29, 1.82) is 0 Å². The van der Waals surface area contributed by atoms with E-state index < -0.39 is 31.5 Å². The summed E-state index contributed by atoms with van der Waals surface area (Å²) in [5.41, 5.74) is 1.37. The smallest absolute Gasteiger partial charge is 0.192 e. The summed E-state index contributed by atoms with van der Waals surface area (Å²) >= 11 is 6.89. The molecule has 1 aliphatic rings. The van der Waals surface area contributed by atoms with Gasteiger partial charge in [0.05, 0.1) is 36.0 Å². The Morgan fingerprint density at radius 1 is 1.24 bits per heavy atom. The molecule has 2 heterocycles. The van der Waals surface area contributed by atoms with Gasteiger partial charge in [0.2, 0.25) is 0 Å². The second-order valence-corrected chi connectivity index (χ2v) is 20.7. The van der Waals surface area contributed by atoms with Gasteiger partial charge >= 0.3 is 0 Å². The van der Waals surface area contributed by atoms with Crippen LogP contribution in [-0.4, -0.2) is 54.9 Å². The molecule has 2 rings (SSSR count). The summed E-state index contributed by atoms with van der Waals surface area (Å²) < 4.78 is 18.7. The van der Waals surface area contributed by atoms with Crippen LogP contribution >= 0.6 is 11.6 Å². The van der Waals surface area contributed by atoms with Gasteiger partial charge in [0.1, 0.15) is 5.78 Å². The minimum Gasteiger partial charge on any atom is -0.409 e. The van der Waals surface area contributed by atoms with Crippen molar-refractivity contribution >= 4 is 31.8 Å². The maximum Gasteiger partial charge on any atom is 0.192 e. The SMILES string of the molecule is CCC(C(=O)C(C)(C)C1CCOC(C)(C)O1)C(O)C(C)CCCC(C)=CCC(O[Si](C)(C)C(C)(C)C)C(Cl)=Cc1ccccn1. The van der Waals surface area contributed by atoms with Crippen molar-refractivity contribution in [3.63, 3.8) is 0 Å². The first kappa shape index (κ1) is 39.8. The minimum atomic E-state index is -2.07. The molecule has 1 aliphatic heterocycles. The van der Waals surface area contributed by atoms with Crippen LogP contribution in [0, 0.1) is 17.3 Å². The van der Waals surface area contributed by atoms with Gasteiger partial charge in [-0.1, -0.05) is 77.8 Å². The molecule has 45 heavy (non-hydrogen) atoms. The van der Waals surface area contributed by atoms with E-state index in [1.807, 2.05) is 58.9 Å². The fraction of sp³-hybridized carbons (Fsp3) is 0.730. The first-order valence-electron chi connectivity index (χ1n) is 16.9. The molecule has 0 bridgehead atoms. The van der Waals surface area contributed by atoms with Crippen LogP contribution in [0.4, 0.5) is 0 Å². The summed E-state index contributed by atoms with van der Waals surface area (Å²) in [4.78, 5) is 18.2. The topological polar surface area (TPSA) is 77.9 Å². The van der Waals surface area contributed by atoms with Crippen LogP contribution in [0.15, 0.2) is 41.1 Å². The number of aliphatic hydroxyl groups excluding tert-OH is 1. The lowest BCUT2D eigenvalue weighted by atomic mass is 9.71. The molecule has 1 aromatic heterocycles. The number of nitrogens with zero attached hydrogens (tertiary/aromatic N) is 1. The van der Waals surface area contributed by atoms with Crippen LogP contribution in [0.1, 0.15) is 113 Å². The lowest BCUT2D eigenvalue weighted by molar-refractivity contribution is -0.289. The van der Waals surface area contributed by atoms with Crippen molar-refractivity contribution in [2.75, 3.05) is 6.61 Å². The number of carbonyl (C=O) groups is 1. The van der Waals surface area contributed by atoms with Gasteiger partial charge in [-0.25, -0.2) is 0 Å². The molecular formula is C37H62ClNO5Si. The number of allylic oxidation sites excluding steroid dienone is 1. The minimum absolute atomic E-state index is 0.0000321. The molecule has 5 unspecified atom stereocenters. The number of ketones is 1. The third kappa shape index (κ3) is 11.7. The molecule has 8 heteroatoms. The average molecular weight is 664 g/mol. The molecule has 1 fully saturated rings. The van der Waals surface area contributed by atoms with Gasteiger partial charge in [0.25, 0.3) is 0 Å². The van der Waals surface area contributed by atoms with E-state index in [-0.39, 0.29) is 28.9 Å². The Hall–Kier alpha value is -1.35. The van der Waals surface area contributed by atoms with Gasteiger partial charge in [0.15, 0.2) is 14.1 Å². The molecule has 0 aromatic carbocycles. The second-order valence-electron chi connectivity index (χ2n) is 15.5. The Bertz CT molecular complexity index is 1140. The molecule has 0 spiro atoms. The third-order valence-corrected chi connectivity index (χ3v) is 14.7. The van der Waals surface area contributed by atoms with Crippen molar-refractivity contribution in [3.8, 4) is 0 Å². The van der Waals surface area contributed by atoms with Crippen molar-refractivity contribution in [3.05, 3.63) is 46.8 Å². The molecule has 0 saturated carbocycles. The standard InChI is InChI=1S/C37H62ClNO5Si/c1-13-29(34(41)36(7,8)32-22-24-42-37(9,10)43-32)33(40)27(3)18-16-17-26(2)20-21-31(44-45(11,12)35(4,5)6)30(38)25-28-19-14-15-23-39-28/h14-15,19-20,23,25,27,29,31-33,40H,13,16-18,21-22,24H2,1-12H3. The van der Waals surface area contributed by atoms with E-state index in [4.69, 9.17) is 25.5 Å². The second kappa shape index (κ2) is 16.7. The third-order valence-electron chi connectivity index (χ3n) is 9.90. The Kier molecular flexibility index (Phi) is 14.7. The van der Waals surface area contributed by atoms with Gasteiger partial charge in [0, 0.05) is 17.1 Å². The molecule has 5 atom stereocenters. The van der Waals surface area contributed by atoms with Crippen molar-refractivity contribution in [1.82, 2.24) is 4.98 Å². The number of hydrogen-bond acceptors (Lipinski definition) is 6. The summed E-state index contributed by atoms with van der Waals surface area (Å²) in [7, 11) is -2.07. The van der Waals surface area contributed by atoms with Crippen LogP contribution in [0.3, 0.4) is 0 Å². The van der Waals surface area contributed by atoms with Crippen LogP contribution in [0.5, 0.6) is 0 Å². The van der Waals surface area contributed by atoms with Crippen LogP contribution in [0.25, 0.3) is 6.08 Å². The number of aliphatic hydroxyl groups is 1. The lowest BCUT2D eigenvalue weighted by Gasteiger charge is -2.44. The highest BCUT2D eigenvalue weighted by Crippen LogP contribution is 2.40. The zero-order chi connectivity index (χ0) is 34.2. The number of carbonyl (C=O) groups excluding carboxylic acids is 1. The maximum atomic E-state index is 13.8. The highest BCUT2D eigenvalue weighted by atomic mass is 35.5. The van der Waals surface area contributed by atoms with Gasteiger partial charge in [-0.3, -0.25) is 9.78 Å². The zero-order valence-electron chi connectivity index (χ0n) is 30.2. The number of rotatable bonds is 16. The number of pyridine rings is 1. The molecule has 1 saturated heterocycles. The number of ether oxygens (including phenoxy) is 2. The van der Waals surface area contributed by atoms with E-state index in [1.54, 1.807) is 6.20 Å². The fourth-order valence-electron chi connectivity index (χ4n) is 5.70. The Morgan fingerprint density at radius 2 is 1.91 bits per heavy atom. The fourth-order valence-corrected chi connectivity index (χ4v) is 7.31. The van der Waals surface area contributed by atoms with Gasteiger partial charge in [-0.05, 0) is 102 Å². The molecule has 0 amide bonds. The van der Waals surface area contributed by atoms with Crippen molar-refractivity contribution in [2.24, 2.45) is 17.3 Å². The van der Waals surface area contributed by atoms with Gasteiger partial charge < -0.3 is 19.0 Å². The first-order chi connectivity index (χ1) is 20.7. The van der Waals surface area contributed by atoms with Gasteiger partial charge in [-0.2, -0.15) is 0 Å². The Labute approximate surface area is 280 Å². The number of aromatic nitrogens is 1. The normalized spacial score (nSPS) is 21.2. The quantitative estimate of drug-likeness (QED) is 0.140. The molecule has 1 N–H and O–H groups in total. The summed E-state index contributed by atoms with van der Waals surface area (Å²) in [6.07, 6.45) is 9.36. The van der Waals surface area contributed by atoms with Gasteiger partial charge in [-0.15, -0.1) is 0 Å². The number of halogens is 1. The molecule has 256 valence electrons. The number of Topliss-reactive ketones (excluding diaryl/α,β-unsaturated/α-hetero) is 1. The van der Waals surface area contributed by atoms with Crippen molar-refractivity contribution < 1.29 is 23.8 Å². The van der Waals surface area contributed by atoms with E-state index in [0.717, 1.165) is 25.0 Å².